The number of nitrogens with one attached hydrogen (secondary N) is 1. The molecule has 0 aromatic heterocycles. The van der Waals surface area contributed by atoms with Crippen LogP contribution in [0.25, 0.3) is 0 Å². The van der Waals surface area contributed by atoms with E-state index in [1.807, 2.05) is 4.90 Å². The number of amides is 1. The molecule has 110 valence electrons. The lowest BCUT2D eigenvalue weighted by Gasteiger charge is -2.33. The normalized spacial score (nSPS) is 20.2. The van der Waals surface area contributed by atoms with Gasteiger partial charge in [0.1, 0.15) is 0 Å². The Morgan fingerprint density at radius 2 is 2.32 bits per heavy atom. The first-order valence-electron chi connectivity index (χ1n) is 6.42. The number of nitrogens with zero attached hydrogens (tertiary/aromatic N) is 1. The van der Waals surface area contributed by atoms with E-state index in [2.05, 4.69) is 5.32 Å². The monoisotopic (exact) mass is 290 g/mol. The molecule has 0 bridgehead atoms. The molecule has 1 heterocycles. The summed E-state index contributed by atoms with van der Waals surface area (Å²) < 4.78 is 4.90. The van der Waals surface area contributed by atoms with Crippen LogP contribution in [-0.4, -0.2) is 72.8 Å². The zero-order valence-electron chi connectivity index (χ0n) is 11.3. The van der Waals surface area contributed by atoms with Crippen molar-refractivity contribution >= 4 is 23.6 Å². The Morgan fingerprint density at radius 1 is 1.53 bits per heavy atom. The molecule has 0 saturated carbocycles. The topological polar surface area (TPSA) is 78.9 Å². The maximum atomic E-state index is 11.8. The lowest BCUT2D eigenvalue weighted by Crippen LogP contribution is -2.48. The summed E-state index contributed by atoms with van der Waals surface area (Å²) in [6.45, 7) is 2.28. The standard InChI is InChI=1S/C12H22N2O4S/c1-18-5-2-3-13-11(15)8-14-4-6-19-9-10(14)7-12(16)17/h10H,2-9H2,1H3,(H,13,15)(H,16,17). The number of carboxylic acid groups (broad SMARTS) is 1. The molecule has 19 heavy (non-hydrogen) atoms. The third-order valence-electron chi connectivity index (χ3n) is 2.95. The van der Waals surface area contributed by atoms with Crippen molar-refractivity contribution in [3.63, 3.8) is 0 Å². The van der Waals surface area contributed by atoms with Gasteiger partial charge in [-0.25, -0.2) is 0 Å². The first-order valence-corrected chi connectivity index (χ1v) is 7.58. The number of rotatable bonds is 8. The Balaban J connectivity index is 2.30. The van der Waals surface area contributed by atoms with Gasteiger partial charge in [0.05, 0.1) is 13.0 Å². The SMILES string of the molecule is COCCCNC(=O)CN1CCSCC1CC(=O)O. The summed E-state index contributed by atoms with van der Waals surface area (Å²) in [4.78, 5) is 24.5. The predicted molar refractivity (Wildman–Crippen MR) is 74.4 cm³/mol. The molecule has 1 fully saturated rings. The molecular weight excluding hydrogens is 268 g/mol. The average Bonchev–Trinajstić information content (AvgIpc) is 2.36. The maximum absolute atomic E-state index is 11.8. The number of carbonyl (C=O) groups excluding carboxylic acids is 1. The molecule has 0 aromatic carbocycles. The quantitative estimate of drug-likeness (QED) is 0.614. The first-order chi connectivity index (χ1) is 9.13. The van der Waals surface area contributed by atoms with Crippen molar-refractivity contribution in [1.82, 2.24) is 10.2 Å². The number of hydrogen-bond donors (Lipinski definition) is 2. The van der Waals surface area contributed by atoms with Crippen LogP contribution in [0.1, 0.15) is 12.8 Å². The highest BCUT2D eigenvalue weighted by molar-refractivity contribution is 7.99. The van der Waals surface area contributed by atoms with Crippen LogP contribution in [0.5, 0.6) is 0 Å². The van der Waals surface area contributed by atoms with Gasteiger partial charge in [-0.05, 0) is 6.42 Å². The molecule has 1 aliphatic rings. The second-order valence-corrected chi connectivity index (χ2v) is 5.64. The number of carboxylic acids is 1. The molecule has 1 aliphatic heterocycles. The number of ether oxygens (including phenoxy) is 1. The first kappa shape index (κ1) is 16.3. The van der Waals surface area contributed by atoms with Crippen molar-refractivity contribution in [2.24, 2.45) is 0 Å². The van der Waals surface area contributed by atoms with Crippen molar-refractivity contribution < 1.29 is 19.4 Å². The molecule has 0 radical (unpaired) electrons. The molecule has 6 nitrogen and oxygen atoms in total. The van der Waals surface area contributed by atoms with Gasteiger partial charge in [-0.2, -0.15) is 11.8 Å². The fourth-order valence-electron chi connectivity index (χ4n) is 1.97. The van der Waals surface area contributed by atoms with Crippen LogP contribution >= 0.6 is 11.8 Å². The van der Waals surface area contributed by atoms with Crippen LogP contribution in [0.4, 0.5) is 0 Å². The highest BCUT2D eigenvalue weighted by Crippen LogP contribution is 2.18. The number of aliphatic carboxylic acids is 1. The molecule has 0 spiro atoms. The molecule has 7 heteroatoms. The Labute approximate surface area is 117 Å². The summed E-state index contributed by atoms with van der Waals surface area (Å²) in [5, 5.41) is 11.7. The van der Waals surface area contributed by atoms with Gasteiger partial charge in [-0.3, -0.25) is 14.5 Å². The van der Waals surface area contributed by atoms with Gasteiger partial charge in [0, 0.05) is 44.4 Å². The molecule has 2 N–H and O–H groups in total. The van der Waals surface area contributed by atoms with Crippen LogP contribution in [0, 0.1) is 0 Å². The largest absolute Gasteiger partial charge is 0.481 e. The van der Waals surface area contributed by atoms with Gasteiger partial charge in [0.25, 0.3) is 0 Å². The van der Waals surface area contributed by atoms with E-state index in [4.69, 9.17) is 9.84 Å². The van der Waals surface area contributed by atoms with Crippen LogP contribution in [0.15, 0.2) is 0 Å². The summed E-state index contributed by atoms with van der Waals surface area (Å²) in [6, 6.07) is -0.0408. The Morgan fingerprint density at radius 3 is 3.00 bits per heavy atom. The number of thioether (sulfide) groups is 1. The van der Waals surface area contributed by atoms with Crippen molar-refractivity contribution in [2.75, 3.05) is 44.9 Å². The van der Waals surface area contributed by atoms with E-state index in [0.717, 1.165) is 24.5 Å². The second-order valence-electron chi connectivity index (χ2n) is 4.49. The third-order valence-corrected chi connectivity index (χ3v) is 4.05. The number of hydrogen-bond acceptors (Lipinski definition) is 5. The lowest BCUT2D eigenvalue weighted by molar-refractivity contribution is -0.138. The third kappa shape index (κ3) is 6.79. The fourth-order valence-corrected chi connectivity index (χ4v) is 3.10. The van der Waals surface area contributed by atoms with Gasteiger partial charge in [0.2, 0.25) is 5.91 Å². The number of methoxy groups -OCH3 is 1. The summed E-state index contributed by atoms with van der Waals surface area (Å²) in [5.74, 6) is 0.882. The van der Waals surface area contributed by atoms with E-state index in [9.17, 15) is 9.59 Å². The average molecular weight is 290 g/mol. The van der Waals surface area contributed by atoms with Gasteiger partial charge >= 0.3 is 5.97 Å². The smallest absolute Gasteiger partial charge is 0.304 e. The molecule has 1 unspecified atom stereocenters. The molecule has 1 rings (SSSR count). The van der Waals surface area contributed by atoms with E-state index >= 15 is 0 Å². The Hall–Kier alpha value is -0.790. The van der Waals surface area contributed by atoms with Crippen molar-refractivity contribution in [1.29, 1.82) is 0 Å². The zero-order chi connectivity index (χ0) is 14.1. The highest BCUT2D eigenvalue weighted by Gasteiger charge is 2.26. The van der Waals surface area contributed by atoms with Crippen molar-refractivity contribution in [3.05, 3.63) is 0 Å². The van der Waals surface area contributed by atoms with Crippen LogP contribution in [0.2, 0.25) is 0 Å². The fraction of sp³-hybridized carbons (Fsp3) is 0.833. The zero-order valence-corrected chi connectivity index (χ0v) is 12.1. The Kier molecular flexibility index (Phi) is 7.85. The van der Waals surface area contributed by atoms with Gasteiger partial charge in [-0.1, -0.05) is 0 Å². The molecule has 1 atom stereocenters. The predicted octanol–water partition coefficient (Wildman–Crippen LogP) is 0.0312. The van der Waals surface area contributed by atoms with E-state index in [1.54, 1.807) is 18.9 Å². The minimum Gasteiger partial charge on any atom is -0.481 e. The Bertz CT molecular complexity index is 301. The van der Waals surface area contributed by atoms with Crippen molar-refractivity contribution in [3.8, 4) is 0 Å². The summed E-state index contributed by atoms with van der Waals surface area (Å²) >= 11 is 1.75. The van der Waals surface area contributed by atoms with Crippen LogP contribution < -0.4 is 5.32 Å². The van der Waals surface area contributed by atoms with Crippen molar-refractivity contribution in [2.45, 2.75) is 18.9 Å². The van der Waals surface area contributed by atoms with E-state index in [1.165, 1.54) is 0 Å². The van der Waals surface area contributed by atoms with Gasteiger partial charge in [0.15, 0.2) is 0 Å². The molecule has 0 aliphatic carbocycles. The minimum absolute atomic E-state index is 0.0408. The van der Waals surface area contributed by atoms with E-state index < -0.39 is 5.97 Å². The summed E-state index contributed by atoms with van der Waals surface area (Å²) in [5.41, 5.74) is 0. The lowest BCUT2D eigenvalue weighted by atomic mass is 10.2. The number of carbonyl (C=O) groups is 2. The molecule has 0 aromatic rings. The highest BCUT2D eigenvalue weighted by atomic mass is 32.2. The summed E-state index contributed by atoms with van der Waals surface area (Å²) in [6.07, 6.45) is 0.889. The molecular formula is C12H22N2O4S. The van der Waals surface area contributed by atoms with E-state index in [0.29, 0.717) is 13.2 Å². The van der Waals surface area contributed by atoms with Gasteiger partial charge < -0.3 is 15.2 Å². The second kappa shape index (κ2) is 9.17. The molecule has 1 amide bonds. The molecule has 1 saturated heterocycles. The summed E-state index contributed by atoms with van der Waals surface area (Å²) in [7, 11) is 1.63. The van der Waals surface area contributed by atoms with Crippen LogP contribution in [0.3, 0.4) is 0 Å². The van der Waals surface area contributed by atoms with Crippen LogP contribution in [-0.2, 0) is 14.3 Å². The maximum Gasteiger partial charge on any atom is 0.304 e. The minimum atomic E-state index is -0.807. The van der Waals surface area contributed by atoms with E-state index in [-0.39, 0.29) is 24.9 Å². The van der Waals surface area contributed by atoms with Gasteiger partial charge in [-0.15, -0.1) is 0 Å².